The number of nitrogens with one attached hydrogen (secondary N) is 2. The highest BCUT2D eigenvalue weighted by Gasteiger charge is 2.04. The molecule has 0 heterocycles. The summed E-state index contributed by atoms with van der Waals surface area (Å²) >= 11 is 6.72. The number of benzene rings is 1. The summed E-state index contributed by atoms with van der Waals surface area (Å²) in [6.45, 7) is 4.53. The number of rotatable bonds is 6. The normalized spacial score (nSPS) is 9.67. The highest BCUT2D eigenvalue weighted by Crippen LogP contribution is 2.25. The van der Waals surface area contributed by atoms with E-state index in [2.05, 4.69) is 49.1 Å². The molecule has 2 N–H and O–H groups in total. The minimum absolute atomic E-state index is 0.239. The predicted molar refractivity (Wildman–Crippen MR) is 79.6 cm³/mol. The van der Waals surface area contributed by atoms with E-state index >= 15 is 0 Å². The highest BCUT2D eigenvalue weighted by molar-refractivity contribution is 9.11. The van der Waals surface area contributed by atoms with Crippen LogP contribution in [0.2, 0.25) is 0 Å². The minimum Gasteiger partial charge on any atom is -0.502 e. The molecule has 0 spiro atoms. The van der Waals surface area contributed by atoms with Gasteiger partial charge in [-0.1, -0.05) is 22.5 Å². The second kappa shape index (κ2) is 8.16. The van der Waals surface area contributed by atoms with E-state index < -0.39 is 0 Å². The molecule has 0 unspecified atom stereocenters. The summed E-state index contributed by atoms with van der Waals surface area (Å²) < 4.78 is 6.71. The standard InChI is InChI=1S/C12H14Br2N2O2/c1-2-18-7-3-6-15-12(17)16-11-5-4-9(13)8-10(11)14/h2,4-5,8H,1,3,6-7H2,(H2,15,16,17). The molecule has 2 amide bonds. The second-order valence-electron chi connectivity index (χ2n) is 3.40. The maximum Gasteiger partial charge on any atom is 0.319 e. The SMILES string of the molecule is C=COCCCNC(=O)Nc1ccc(Br)cc1Br. The largest absolute Gasteiger partial charge is 0.502 e. The first-order valence-corrected chi connectivity index (χ1v) is 6.94. The fourth-order valence-corrected chi connectivity index (χ4v) is 2.34. The summed E-state index contributed by atoms with van der Waals surface area (Å²) in [4.78, 5) is 11.6. The van der Waals surface area contributed by atoms with Gasteiger partial charge >= 0.3 is 6.03 Å². The average molecular weight is 378 g/mol. The number of halogens is 2. The molecule has 0 saturated carbocycles. The third-order valence-corrected chi connectivity index (χ3v) is 3.17. The van der Waals surface area contributed by atoms with Crippen LogP contribution < -0.4 is 10.6 Å². The lowest BCUT2D eigenvalue weighted by Gasteiger charge is -2.09. The fourth-order valence-electron chi connectivity index (χ4n) is 1.20. The van der Waals surface area contributed by atoms with Crippen LogP contribution in [0, 0.1) is 0 Å². The van der Waals surface area contributed by atoms with E-state index in [1.165, 1.54) is 6.26 Å². The number of carbonyl (C=O) groups excluding carboxylic acids is 1. The third kappa shape index (κ3) is 5.55. The van der Waals surface area contributed by atoms with Crippen LogP contribution in [-0.4, -0.2) is 19.2 Å². The Balaban J connectivity index is 2.33. The molecule has 0 aromatic heterocycles. The first kappa shape index (κ1) is 15.0. The van der Waals surface area contributed by atoms with Crippen molar-refractivity contribution in [2.75, 3.05) is 18.5 Å². The topological polar surface area (TPSA) is 50.4 Å². The van der Waals surface area contributed by atoms with Crippen molar-refractivity contribution in [2.24, 2.45) is 0 Å². The van der Waals surface area contributed by atoms with Crippen molar-refractivity contribution in [1.82, 2.24) is 5.32 Å². The Bertz CT molecular complexity index is 425. The molecule has 6 heteroatoms. The van der Waals surface area contributed by atoms with E-state index in [4.69, 9.17) is 4.74 Å². The fraction of sp³-hybridized carbons (Fsp3) is 0.250. The number of hydrogen-bond donors (Lipinski definition) is 2. The summed E-state index contributed by atoms with van der Waals surface area (Å²) in [7, 11) is 0. The van der Waals surface area contributed by atoms with Gasteiger partial charge in [0.1, 0.15) is 0 Å². The van der Waals surface area contributed by atoms with Crippen molar-refractivity contribution < 1.29 is 9.53 Å². The van der Waals surface area contributed by atoms with Crippen LogP contribution in [0.1, 0.15) is 6.42 Å². The Labute approximate surface area is 123 Å². The van der Waals surface area contributed by atoms with Crippen LogP contribution in [-0.2, 0) is 4.74 Å². The van der Waals surface area contributed by atoms with Crippen LogP contribution in [0.4, 0.5) is 10.5 Å². The molecule has 4 nitrogen and oxygen atoms in total. The molecule has 0 atom stereocenters. The van der Waals surface area contributed by atoms with Crippen LogP contribution in [0.25, 0.3) is 0 Å². The lowest BCUT2D eigenvalue weighted by atomic mass is 10.3. The molecule has 1 aromatic carbocycles. The number of anilines is 1. The summed E-state index contributed by atoms with van der Waals surface area (Å²) in [5, 5.41) is 5.48. The van der Waals surface area contributed by atoms with Gasteiger partial charge in [0.2, 0.25) is 0 Å². The lowest BCUT2D eigenvalue weighted by molar-refractivity contribution is 0.238. The van der Waals surface area contributed by atoms with Gasteiger partial charge in [-0.3, -0.25) is 0 Å². The molecular formula is C12H14Br2N2O2. The molecule has 0 bridgehead atoms. The highest BCUT2D eigenvalue weighted by atomic mass is 79.9. The van der Waals surface area contributed by atoms with Gasteiger partial charge < -0.3 is 15.4 Å². The first-order valence-electron chi connectivity index (χ1n) is 5.36. The number of ether oxygens (including phenoxy) is 1. The Kier molecular flexibility index (Phi) is 6.82. The van der Waals surface area contributed by atoms with E-state index in [1.807, 2.05) is 18.2 Å². The molecule has 0 fully saturated rings. The maximum atomic E-state index is 11.6. The monoisotopic (exact) mass is 376 g/mol. The zero-order valence-electron chi connectivity index (χ0n) is 9.71. The quantitative estimate of drug-likeness (QED) is 0.583. The van der Waals surface area contributed by atoms with Gasteiger partial charge in [0.25, 0.3) is 0 Å². The van der Waals surface area contributed by atoms with E-state index in [0.29, 0.717) is 13.2 Å². The molecule has 0 aliphatic heterocycles. The van der Waals surface area contributed by atoms with Crippen LogP contribution in [0.3, 0.4) is 0 Å². The number of carbonyl (C=O) groups is 1. The molecule has 18 heavy (non-hydrogen) atoms. The Hall–Kier alpha value is -1.01. The predicted octanol–water partition coefficient (Wildman–Crippen LogP) is 3.88. The number of urea groups is 1. The number of amides is 2. The summed E-state index contributed by atoms with van der Waals surface area (Å²) in [6, 6.07) is 5.30. The zero-order valence-corrected chi connectivity index (χ0v) is 12.9. The molecule has 0 radical (unpaired) electrons. The Morgan fingerprint density at radius 1 is 1.44 bits per heavy atom. The molecule has 98 valence electrons. The second-order valence-corrected chi connectivity index (χ2v) is 5.17. The minimum atomic E-state index is -0.239. The Morgan fingerprint density at radius 2 is 2.22 bits per heavy atom. The Morgan fingerprint density at radius 3 is 2.89 bits per heavy atom. The van der Waals surface area contributed by atoms with Gasteiger partial charge in [-0.05, 0) is 40.5 Å². The molecule has 1 aromatic rings. The van der Waals surface area contributed by atoms with Gasteiger partial charge in [0.05, 0.1) is 18.6 Å². The molecule has 0 aliphatic rings. The molecule has 0 saturated heterocycles. The van der Waals surface area contributed by atoms with E-state index in [-0.39, 0.29) is 6.03 Å². The average Bonchev–Trinajstić information content (AvgIpc) is 2.32. The first-order chi connectivity index (χ1) is 8.63. The van der Waals surface area contributed by atoms with Gasteiger partial charge in [-0.25, -0.2) is 4.79 Å². The smallest absolute Gasteiger partial charge is 0.319 e. The van der Waals surface area contributed by atoms with Crippen LogP contribution in [0.15, 0.2) is 40.0 Å². The molecular weight excluding hydrogens is 364 g/mol. The molecule has 1 rings (SSSR count). The van der Waals surface area contributed by atoms with Crippen molar-refractivity contribution in [3.63, 3.8) is 0 Å². The van der Waals surface area contributed by atoms with Crippen molar-refractivity contribution in [2.45, 2.75) is 6.42 Å². The van der Waals surface area contributed by atoms with E-state index in [1.54, 1.807) is 0 Å². The van der Waals surface area contributed by atoms with Gasteiger partial charge in [0.15, 0.2) is 0 Å². The summed E-state index contributed by atoms with van der Waals surface area (Å²) in [5.41, 5.74) is 0.720. The zero-order chi connectivity index (χ0) is 13.4. The van der Waals surface area contributed by atoms with Crippen LogP contribution in [0.5, 0.6) is 0 Å². The lowest BCUT2D eigenvalue weighted by Crippen LogP contribution is -2.30. The summed E-state index contributed by atoms with van der Waals surface area (Å²) in [6.07, 6.45) is 2.12. The van der Waals surface area contributed by atoms with Crippen molar-refractivity contribution in [3.05, 3.63) is 40.0 Å². The van der Waals surface area contributed by atoms with Crippen molar-refractivity contribution in [3.8, 4) is 0 Å². The van der Waals surface area contributed by atoms with E-state index in [0.717, 1.165) is 21.1 Å². The third-order valence-electron chi connectivity index (χ3n) is 2.02. The van der Waals surface area contributed by atoms with Gasteiger partial charge in [-0.15, -0.1) is 0 Å². The summed E-state index contributed by atoms with van der Waals surface area (Å²) in [5.74, 6) is 0. The van der Waals surface area contributed by atoms with Crippen molar-refractivity contribution in [1.29, 1.82) is 0 Å². The van der Waals surface area contributed by atoms with Crippen molar-refractivity contribution >= 4 is 43.6 Å². The molecule has 0 aliphatic carbocycles. The van der Waals surface area contributed by atoms with Gasteiger partial charge in [0, 0.05) is 15.5 Å². The number of hydrogen-bond acceptors (Lipinski definition) is 2. The van der Waals surface area contributed by atoms with Gasteiger partial charge in [-0.2, -0.15) is 0 Å². The van der Waals surface area contributed by atoms with Crippen LogP contribution >= 0.6 is 31.9 Å². The van der Waals surface area contributed by atoms with E-state index in [9.17, 15) is 4.79 Å². The maximum absolute atomic E-state index is 11.6.